The molecular weight excluding hydrogens is 484 g/mol. The van der Waals surface area contributed by atoms with Gasteiger partial charge in [0.1, 0.15) is 23.8 Å². The van der Waals surface area contributed by atoms with Crippen LogP contribution in [0.3, 0.4) is 0 Å². The zero-order valence-electron chi connectivity index (χ0n) is 22.6. The number of likely N-dealkylation sites (tertiary alicyclic amines) is 1. The summed E-state index contributed by atoms with van der Waals surface area (Å²) >= 11 is 0. The summed E-state index contributed by atoms with van der Waals surface area (Å²) in [5.41, 5.74) is 1.22. The number of methoxy groups -OCH3 is 1. The number of carbonyl (C=O) groups is 3. The van der Waals surface area contributed by atoms with E-state index in [9.17, 15) is 19.5 Å². The number of hydrogen-bond donors (Lipinski definition) is 2. The molecule has 2 fully saturated rings. The van der Waals surface area contributed by atoms with Crippen molar-refractivity contribution in [2.24, 2.45) is 5.41 Å². The number of carboxylic acids is 1. The average Bonchev–Trinajstić information content (AvgIpc) is 3.56. The van der Waals surface area contributed by atoms with Crippen LogP contribution in [0, 0.1) is 5.41 Å². The Balaban J connectivity index is 1.58. The smallest absolute Gasteiger partial charge is 0.408 e. The highest BCUT2D eigenvalue weighted by molar-refractivity contribution is 5.90. The minimum absolute atomic E-state index is 0.0515. The lowest BCUT2D eigenvalue weighted by Gasteiger charge is -2.35. The number of hydrogen-bond acceptors (Lipinski definition) is 5. The number of rotatable bonds is 7. The van der Waals surface area contributed by atoms with Gasteiger partial charge >= 0.3 is 12.1 Å². The summed E-state index contributed by atoms with van der Waals surface area (Å²) in [6, 6.07) is 15.7. The Morgan fingerprint density at radius 3 is 2.16 bits per heavy atom. The van der Waals surface area contributed by atoms with E-state index in [4.69, 9.17) is 9.47 Å². The van der Waals surface area contributed by atoms with E-state index in [-0.39, 0.29) is 19.1 Å². The fourth-order valence-corrected chi connectivity index (χ4v) is 5.52. The van der Waals surface area contributed by atoms with Gasteiger partial charge in [0.05, 0.1) is 6.54 Å². The highest BCUT2D eigenvalue weighted by Crippen LogP contribution is 2.41. The van der Waals surface area contributed by atoms with Crippen molar-refractivity contribution in [1.82, 2.24) is 10.2 Å². The van der Waals surface area contributed by atoms with Crippen LogP contribution < -0.4 is 5.32 Å². The normalized spacial score (nSPS) is 22.7. The van der Waals surface area contributed by atoms with Gasteiger partial charge in [-0.1, -0.05) is 75.4 Å². The van der Waals surface area contributed by atoms with Crippen molar-refractivity contribution in [2.75, 3.05) is 13.7 Å². The number of benzene rings is 2. The maximum absolute atomic E-state index is 13.9. The Kier molecular flexibility index (Phi) is 8.11. The van der Waals surface area contributed by atoms with E-state index in [2.05, 4.69) is 5.32 Å². The highest BCUT2D eigenvalue weighted by Gasteiger charge is 2.52. The summed E-state index contributed by atoms with van der Waals surface area (Å²) in [5.74, 6) is -1.58. The standard InChI is InChI=1S/C30H38N2O6/c1-29(2,3)25(31-28(36)38-23-12-8-9-13-23)26(33)32-19-30(37-4,18-24(32)27(34)35)22-16-14-21(15-17-22)20-10-6-5-7-11-20/h5-7,10-11,14-17,23-25H,8-9,12-13,18-19H2,1-4H3,(H,31,36)(H,34,35)/t24?,25?,30-/m0/s1. The fourth-order valence-electron chi connectivity index (χ4n) is 5.52. The minimum Gasteiger partial charge on any atom is -0.480 e. The largest absolute Gasteiger partial charge is 0.480 e. The third kappa shape index (κ3) is 5.85. The van der Waals surface area contributed by atoms with E-state index in [0.29, 0.717) is 0 Å². The topological polar surface area (TPSA) is 105 Å². The Bertz CT molecular complexity index is 1140. The van der Waals surface area contributed by atoms with Gasteiger partial charge in [-0.15, -0.1) is 0 Å². The van der Waals surface area contributed by atoms with Crippen molar-refractivity contribution < 1.29 is 29.0 Å². The summed E-state index contributed by atoms with van der Waals surface area (Å²) in [4.78, 5) is 40.3. The molecule has 2 aromatic rings. The van der Waals surface area contributed by atoms with Crippen molar-refractivity contribution >= 4 is 18.0 Å². The minimum atomic E-state index is -1.11. The van der Waals surface area contributed by atoms with Crippen LogP contribution in [0.2, 0.25) is 0 Å². The number of carbonyl (C=O) groups excluding carboxylic acids is 2. The molecule has 3 atom stereocenters. The summed E-state index contributed by atoms with van der Waals surface area (Å²) < 4.78 is 11.5. The van der Waals surface area contributed by atoms with Gasteiger partial charge in [-0.25, -0.2) is 9.59 Å². The molecule has 0 bridgehead atoms. The lowest BCUT2D eigenvalue weighted by molar-refractivity contribution is -0.150. The van der Waals surface area contributed by atoms with Crippen LogP contribution in [0.4, 0.5) is 4.79 Å². The number of ether oxygens (including phenoxy) is 2. The van der Waals surface area contributed by atoms with E-state index in [1.165, 1.54) is 12.0 Å². The lowest BCUT2D eigenvalue weighted by atomic mass is 9.85. The van der Waals surface area contributed by atoms with Crippen LogP contribution in [0.5, 0.6) is 0 Å². The molecule has 0 spiro atoms. The average molecular weight is 523 g/mol. The second-order valence-corrected chi connectivity index (χ2v) is 11.4. The molecule has 2 N–H and O–H groups in total. The highest BCUT2D eigenvalue weighted by atomic mass is 16.6. The van der Waals surface area contributed by atoms with E-state index >= 15 is 0 Å². The number of carboxylic acid groups (broad SMARTS) is 1. The summed E-state index contributed by atoms with van der Waals surface area (Å²) in [6.45, 7) is 5.56. The SMILES string of the molecule is CO[C@@]1(c2ccc(-c3ccccc3)cc2)CC(C(=O)O)N(C(=O)C(NC(=O)OC2CCCC2)C(C)(C)C)C1. The lowest BCUT2D eigenvalue weighted by Crippen LogP contribution is -2.57. The molecule has 1 saturated carbocycles. The maximum atomic E-state index is 13.9. The molecule has 1 saturated heterocycles. The number of aliphatic carboxylic acids is 1. The number of amides is 2. The van der Waals surface area contributed by atoms with Crippen molar-refractivity contribution in [3.05, 3.63) is 60.2 Å². The van der Waals surface area contributed by atoms with Gasteiger partial charge in [0, 0.05) is 13.5 Å². The molecule has 2 aliphatic rings. The Morgan fingerprint density at radius 2 is 1.61 bits per heavy atom. The summed E-state index contributed by atoms with van der Waals surface area (Å²) in [7, 11) is 1.54. The van der Waals surface area contributed by atoms with Crippen LogP contribution in [-0.4, -0.2) is 59.8 Å². The predicted molar refractivity (Wildman–Crippen MR) is 143 cm³/mol. The molecule has 2 amide bonds. The summed E-state index contributed by atoms with van der Waals surface area (Å²) in [6.07, 6.45) is 2.95. The number of alkyl carbamates (subject to hydrolysis) is 1. The van der Waals surface area contributed by atoms with Crippen LogP contribution >= 0.6 is 0 Å². The monoisotopic (exact) mass is 522 g/mol. The van der Waals surface area contributed by atoms with Gasteiger partial charge in [0.2, 0.25) is 5.91 Å². The van der Waals surface area contributed by atoms with Crippen LogP contribution in [-0.2, 0) is 24.7 Å². The van der Waals surface area contributed by atoms with Crippen LogP contribution in [0.1, 0.15) is 58.4 Å². The second kappa shape index (κ2) is 11.2. The van der Waals surface area contributed by atoms with Crippen LogP contribution in [0.15, 0.2) is 54.6 Å². The van der Waals surface area contributed by atoms with Gasteiger partial charge in [0.15, 0.2) is 0 Å². The first-order valence-corrected chi connectivity index (χ1v) is 13.3. The van der Waals surface area contributed by atoms with Crippen molar-refractivity contribution in [1.29, 1.82) is 0 Å². The molecule has 0 radical (unpaired) electrons. The van der Waals surface area contributed by atoms with E-state index in [1.807, 2.05) is 75.4 Å². The molecule has 2 aromatic carbocycles. The Hall–Kier alpha value is -3.39. The first-order chi connectivity index (χ1) is 18.0. The van der Waals surface area contributed by atoms with Crippen molar-refractivity contribution in [2.45, 2.75) is 76.7 Å². The molecule has 8 nitrogen and oxygen atoms in total. The zero-order valence-corrected chi connectivity index (χ0v) is 22.6. The molecule has 8 heteroatoms. The summed E-state index contributed by atoms with van der Waals surface area (Å²) in [5, 5.41) is 12.8. The van der Waals surface area contributed by atoms with Gasteiger partial charge in [0.25, 0.3) is 0 Å². The Morgan fingerprint density at radius 1 is 1.00 bits per heavy atom. The van der Waals surface area contributed by atoms with Crippen molar-refractivity contribution in [3.63, 3.8) is 0 Å². The molecule has 1 heterocycles. The molecule has 204 valence electrons. The maximum Gasteiger partial charge on any atom is 0.408 e. The first kappa shape index (κ1) is 27.6. The van der Waals surface area contributed by atoms with E-state index < -0.39 is 41.1 Å². The molecule has 4 rings (SSSR count). The Labute approximate surface area is 224 Å². The third-order valence-electron chi connectivity index (χ3n) is 7.75. The van der Waals surface area contributed by atoms with Gasteiger partial charge < -0.3 is 24.8 Å². The zero-order chi connectivity index (χ0) is 27.5. The second-order valence-electron chi connectivity index (χ2n) is 11.4. The molecular formula is C30H38N2O6. The predicted octanol–water partition coefficient (Wildman–Crippen LogP) is 4.96. The van der Waals surface area contributed by atoms with Gasteiger partial charge in [-0.2, -0.15) is 0 Å². The molecule has 2 unspecified atom stereocenters. The van der Waals surface area contributed by atoms with E-state index in [1.54, 1.807) is 0 Å². The number of nitrogens with zero attached hydrogens (tertiary/aromatic N) is 1. The quantitative estimate of drug-likeness (QED) is 0.532. The first-order valence-electron chi connectivity index (χ1n) is 13.3. The van der Waals surface area contributed by atoms with Gasteiger partial charge in [-0.3, -0.25) is 4.79 Å². The van der Waals surface area contributed by atoms with E-state index in [0.717, 1.165) is 42.4 Å². The molecule has 1 aliphatic heterocycles. The molecule has 0 aromatic heterocycles. The van der Waals surface area contributed by atoms with Crippen molar-refractivity contribution in [3.8, 4) is 11.1 Å². The molecule has 38 heavy (non-hydrogen) atoms. The van der Waals surface area contributed by atoms with Crippen LogP contribution in [0.25, 0.3) is 11.1 Å². The van der Waals surface area contributed by atoms with Gasteiger partial charge in [-0.05, 0) is 47.8 Å². The third-order valence-corrected chi connectivity index (χ3v) is 7.75. The fraction of sp³-hybridized carbons (Fsp3) is 0.500. The number of nitrogens with one attached hydrogen (secondary N) is 1. The molecule has 1 aliphatic carbocycles.